The van der Waals surface area contributed by atoms with Crippen molar-refractivity contribution in [1.82, 2.24) is 5.32 Å². The Morgan fingerprint density at radius 2 is 1.55 bits per heavy atom. The summed E-state index contributed by atoms with van der Waals surface area (Å²) >= 11 is 0. The number of benzene rings is 2. The van der Waals surface area contributed by atoms with Crippen LogP contribution in [0.15, 0.2) is 77.4 Å². The van der Waals surface area contributed by atoms with E-state index in [1.807, 2.05) is 30.3 Å². The third-order valence-electron chi connectivity index (χ3n) is 4.03. The minimum Gasteiger partial charge on any atom is -0.459 e. The van der Waals surface area contributed by atoms with Crippen LogP contribution in [0.1, 0.15) is 22.5 Å². The molecular weight excluding hydrogens is 370 g/mol. The molecule has 0 aliphatic rings. The van der Waals surface area contributed by atoms with Gasteiger partial charge >= 0.3 is 0 Å². The van der Waals surface area contributed by atoms with Gasteiger partial charge in [-0.15, -0.1) is 0 Å². The van der Waals surface area contributed by atoms with Gasteiger partial charge in [-0.2, -0.15) is 0 Å². The van der Waals surface area contributed by atoms with Crippen molar-refractivity contribution in [1.29, 1.82) is 0 Å². The monoisotopic (exact) mass is 391 g/mol. The number of nitrogens with one attached hydrogen (secondary N) is 3. The Bertz CT molecular complexity index is 969. The summed E-state index contributed by atoms with van der Waals surface area (Å²) in [5, 5.41) is 8.18. The zero-order valence-electron chi connectivity index (χ0n) is 15.7. The fraction of sp³-hybridized carbons (Fsp3) is 0.136. The standard InChI is InChI=1S/C22H21N3O4/c26-20(11-12-23-21(27)14-16-6-2-1-3-7-16)24-17-8-4-9-18(15-17)25-22(28)19-10-5-13-29-19/h1-10,13,15H,11-12,14H2,(H,23,27)(H,24,26)(H,25,28). The molecule has 3 aromatic rings. The highest BCUT2D eigenvalue weighted by Gasteiger charge is 2.10. The molecule has 0 aliphatic carbocycles. The molecular formula is C22H21N3O4. The number of hydrogen-bond donors (Lipinski definition) is 3. The average Bonchev–Trinajstić information content (AvgIpc) is 3.24. The molecule has 0 saturated heterocycles. The van der Waals surface area contributed by atoms with E-state index in [-0.39, 0.29) is 42.9 Å². The molecule has 7 heteroatoms. The number of furan rings is 1. The van der Waals surface area contributed by atoms with Crippen molar-refractivity contribution < 1.29 is 18.8 Å². The average molecular weight is 391 g/mol. The van der Waals surface area contributed by atoms with Crippen molar-refractivity contribution in [3.63, 3.8) is 0 Å². The molecule has 3 N–H and O–H groups in total. The predicted octanol–water partition coefficient (Wildman–Crippen LogP) is 3.22. The minimum absolute atomic E-state index is 0.133. The summed E-state index contributed by atoms with van der Waals surface area (Å²) in [5.74, 6) is -0.545. The third kappa shape index (κ3) is 6.35. The molecule has 3 rings (SSSR count). The molecule has 29 heavy (non-hydrogen) atoms. The molecule has 148 valence electrons. The first kappa shape index (κ1) is 19.9. The van der Waals surface area contributed by atoms with E-state index in [1.165, 1.54) is 6.26 Å². The van der Waals surface area contributed by atoms with Gasteiger partial charge in [0, 0.05) is 24.3 Å². The van der Waals surface area contributed by atoms with Gasteiger partial charge in [-0.3, -0.25) is 14.4 Å². The van der Waals surface area contributed by atoms with Crippen molar-refractivity contribution in [2.75, 3.05) is 17.2 Å². The van der Waals surface area contributed by atoms with Crippen LogP contribution < -0.4 is 16.0 Å². The SMILES string of the molecule is O=C(Cc1ccccc1)NCCC(=O)Nc1cccc(NC(=O)c2ccco2)c1. The second kappa shape index (κ2) is 9.89. The van der Waals surface area contributed by atoms with E-state index in [9.17, 15) is 14.4 Å². The molecule has 0 radical (unpaired) electrons. The summed E-state index contributed by atoms with van der Waals surface area (Å²) in [6, 6.07) is 19.4. The fourth-order valence-electron chi connectivity index (χ4n) is 2.66. The van der Waals surface area contributed by atoms with Crippen LogP contribution >= 0.6 is 0 Å². The van der Waals surface area contributed by atoms with Crippen LogP contribution in [-0.4, -0.2) is 24.3 Å². The Morgan fingerprint density at radius 1 is 0.793 bits per heavy atom. The zero-order chi connectivity index (χ0) is 20.5. The number of carbonyl (C=O) groups excluding carboxylic acids is 3. The Kier molecular flexibility index (Phi) is 6.78. The molecule has 3 amide bonds. The maximum atomic E-state index is 12.1. The van der Waals surface area contributed by atoms with Gasteiger partial charge in [0.05, 0.1) is 12.7 Å². The van der Waals surface area contributed by atoms with E-state index in [0.29, 0.717) is 11.4 Å². The minimum atomic E-state index is -0.375. The van der Waals surface area contributed by atoms with Gasteiger partial charge in [0.1, 0.15) is 0 Å². The lowest BCUT2D eigenvalue weighted by Gasteiger charge is -2.09. The molecule has 2 aromatic carbocycles. The van der Waals surface area contributed by atoms with Gasteiger partial charge in [-0.25, -0.2) is 0 Å². The van der Waals surface area contributed by atoms with Crippen LogP contribution in [-0.2, 0) is 16.0 Å². The van der Waals surface area contributed by atoms with E-state index in [2.05, 4.69) is 16.0 Å². The molecule has 0 fully saturated rings. The summed E-state index contributed by atoms with van der Waals surface area (Å²) < 4.78 is 5.05. The van der Waals surface area contributed by atoms with Crippen molar-refractivity contribution in [2.45, 2.75) is 12.8 Å². The number of carbonyl (C=O) groups is 3. The van der Waals surface area contributed by atoms with Crippen molar-refractivity contribution in [3.8, 4) is 0 Å². The summed E-state index contributed by atoms with van der Waals surface area (Å²) in [7, 11) is 0. The maximum absolute atomic E-state index is 12.1. The lowest BCUT2D eigenvalue weighted by Crippen LogP contribution is -2.28. The third-order valence-corrected chi connectivity index (χ3v) is 4.03. The first-order valence-electron chi connectivity index (χ1n) is 9.15. The lowest BCUT2D eigenvalue weighted by molar-refractivity contribution is -0.120. The van der Waals surface area contributed by atoms with Crippen LogP contribution in [0.5, 0.6) is 0 Å². The Labute approximate surface area is 168 Å². The highest BCUT2D eigenvalue weighted by Crippen LogP contribution is 2.16. The molecule has 0 bridgehead atoms. The van der Waals surface area contributed by atoms with Crippen molar-refractivity contribution in [3.05, 3.63) is 84.3 Å². The lowest BCUT2D eigenvalue weighted by atomic mass is 10.1. The normalized spacial score (nSPS) is 10.2. The van der Waals surface area contributed by atoms with Crippen molar-refractivity contribution in [2.24, 2.45) is 0 Å². The molecule has 7 nitrogen and oxygen atoms in total. The largest absolute Gasteiger partial charge is 0.459 e. The highest BCUT2D eigenvalue weighted by molar-refractivity contribution is 6.02. The summed E-state index contributed by atoms with van der Waals surface area (Å²) in [5.41, 5.74) is 1.99. The summed E-state index contributed by atoms with van der Waals surface area (Å²) in [6.07, 6.45) is 1.84. The second-order valence-corrected chi connectivity index (χ2v) is 6.32. The van der Waals surface area contributed by atoms with Crippen molar-refractivity contribution >= 4 is 29.1 Å². The smallest absolute Gasteiger partial charge is 0.291 e. The van der Waals surface area contributed by atoms with Crippen LogP contribution in [0.3, 0.4) is 0 Å². The van der Waals surface area contributed by atoms with Crippen LogP contribution in [0.4, 0.5) is 11.4 Å². The molecule has 0 spiro atoms. The molecule has 0 unspecified atom stereocenters. The molecule has 0 saturated carbocycles. The first-order chi connectivity index (χ1) is 14.1. The molecule has 0 aliphatic heterocycles. The van der Waals surface area contributed by atoms with Gasteiger partial charge in [0.2, 0.25) is 11.8 Å². The number of amides is 3. The van der Waals surface area contributed by atoms with E-state index >= 15 is 0 Å². The van der Waals surface area contributed by atoms with E-state index in [1.54, 1.807) is 36.4 Å². The molecule has 1 aromatic heterocycles. The summed E-state index contributed by atoms with van der Waals surface area (Å²) in [4.78, 5) is 36.0. The number of hydrogen-bond acceptors (Lipinski definition) is 4. The Hall–Kier alpha value is -3.87. The fourth-order valence-corrected chi connectivity index (χ4v) is 2.66. The summed E-state index contributed by atoms with van der Waals surface area (Å²) in [6.45, 7) is 0.242. The number of rotatable bonds is 8. The van der Waals surface area contributed by atoms with Gasteiger partial charge in [-0.05, 0) is 35.9 Å². The molecule has 1 heterocycles. The highest BCUT2D eigenvalue weighted by atomic mass is 16.3. The number of anilines is 2. The van der Waals surface area contributed by atoms with Crippen LogP contribution in [0.2, 0.25) is 0 Å². The van der Waals surface area contributed by atoms with Gasteiger partial charge in [0.25, 0.3) is 5.91 Å². The Morgan fingerprint density at radius 3 is 2.28 bits per heavy atom. The van der Waals surface area contributed by atoms with Gasteiger partial charge in [0.15, 0.2) is 5.76 Å². The van der Waals surface area contributed by atoms with Crippen LogP contribution in [0.25, 0.3) is 0 Å². The first-order valence-corrected chi connectivity index (χ1v) is 9.15. The topological polar surface area (TPSA) is 100 Å². The Balaban J connectivity index is 1.43. The van der Waals surface area contributed by atoms with E-state index < -0.39 is 0 Å². The zero-order valence-corrected chi connectivity index (χ0v) is 15.7. The van der Waals surface area contributed by atoms with Crippen LogP contribution in [0, 0.1) is 0 Å². The molecule has 0 atom stereocenters. The quantitative estimate of drug-likeness (QED) is 0.549. The second-order valence-electron chi connectivity index (χ2n) is 6.32. The maximum Gasteiger partial charge on any atom is 0.291 e. The van der Waals surface area contributed by atoms with Gasteiger partial charge in [-0.1, -0.05) is 36.4 Å². The van der Waals surface area contributed by atoms with Gasteiger partial charge < -0.3 is 20.4 Å². The van der Waals surface area contributed by atoms with E-state index in [4.69, 9.17) is 4.42 Å². The van der Waals surface area contributed by atoms with E-state index in [0.717, 1.165) is 5.56 Å². The predicted molar refractivity (Wildman–Crippen MR) is 110 cm³/mol.